The molecule has 0 radical (unpaired) electrons. The largest absolute Gasteiger partial charge is 0.339 e. The maximum atomic E-state index is 12.6. The average molecular weight is 271 g/mol. The van der Waals surface area contributed by atoms with Gasteiger partial charge in [0.15, 0.2) is 0 Å². The first-order chi connectivity index (χ1) is 9.55. The summed E-state index contributed by atoms with van der Waals surface area (Å²) in [7, 11) is 0. The number of nitrogens with zero attached hydrogens (tertiary/aromatic N) is 2. The minimum absolute atomic E-state index is 0.138. The number of hydrogen-bond donors (Lipinski definition) is 1. The van der Waals surface area contributed by atoms with Gasteiger partial charge in [-0.3, -0.25) is 9.89 Å². The number of aromatic amines is 1. The number of fused-ring (bicyclic) bond motifs is 1. The van der Waals surface area contributed by atoms with Gasteiger partial charge in [-0.25, -0.2) is 0 Å². The zero-order valence-corrected chi connectivity index (χ0v) is 12.1. The summed E-state index contributed by atoms with van der Waals surface area (Å²) in [5.41, 5.74) is 2.02. The van der Waals surface area contributed by atoms with Gasteiger partial charge >= 0.3 is 0 Å². The predicted octanol–water partition coefficient (Wildman–Crippen LogP) is 3.22. The van der Waals surface area contributed by atoms with E-state index in [2.05, 4.69) is 24.0 Å². The molecule has 0 aliphatic carbocycles. The van der Waals surface area contributed by atoms with E-state index in [1.165, 1.54) is 6.42 Å². The molecule has 2 aromatic rings. The molecular formula is C16H21N3O. The molecule has 4 nitrogen and oxygen atoms in total. The molecule has 1 aliphatic heterocycles. The van der Waals surface area contributed by atoms with E-state index in [9.17, 15) is 4.79 Å². The molecule has 1 aliphatic rings. The molecular weight excluding hydrogens is 250 g/mol. The Morgan fingerprint density at radius 2 is 2.15 bits per heavy atom. The van der Waals surface area contributed by atoms with Gasteiger partial charge in [-0.1, -0.05) is 19.9 Å². The zero-order valence-electron chi connectivity index (χ0n) is 12.1. The van der Waals surface area contributed by atoms with Gasteiger partial charge in [0.2, 0.25) is 0 Å². The number of aromatic nitrogens is 2. The topological polar surface area (TPSA) is 49.0 Å². The van der Waals surface area contributed by atoms with Crippen LogP contribution in [0.3, 0.4) is 0 Å². The SMILES string of the molecule is CC1(C)CCCN(C(=O)c2ccc3cn[nH]c3c2)CC1. The van der Waals surface area contributed by atoms with E-state index in [1.54, 1.807) is 6.20 Å². The van der Waals surface area contributed by atoms with Gasteiger partial charge in [0.05, 0.1) is 11.7 Å². The Morgan fingerprint density at radius 3 is 3.00 bits per heavy atom. The normalized spacial score (nSPS) is 19.0. The van der Waals surface area contributed by atoms with Crippen molar-refractivity contribution in [2.24, 2.45) is 5.41 Å². The van der Waals surface area contributed by atoms with Crippen LogP contribution in [-0.4, -0.2) is 34.1 Å². The quantitative estimate of drug-likeness (QED) is 0.865. The second kappa shape index (κ2) is 4.93. The first-order valence-corrected chi connectivity index (χ1v) is 7.28. The fourth-order valence-electron chi connectivity index (χ4n) is 2.88. The van der Waals surface area contributed by atoms with E-state index in [4.69, 9.17) is 0 Å². The molecule has 20 heavy (non-hydrogen) atoms. The van der Waals surface area contributed by atoms with Crippen molar-refractivity contribution in [2.75, 3.05) is 13.1 Å². The maximum Gasteiger partial charge on any atom is 0.253 e. The highest BCUT2D eigenvalue weighted by Gasteiger charge is 2.25. The number of carbonyl (C=O) groups excluding carboxylic acids is 1. The third-order valence-electron chi connectivity index (χ3n) is 4.32. The monoisotopic (exact) mass is 271 g/mol. The summed E-state index contributed by atoms with van der Waals surface area (Å²) in [6.45, 7) is 6.30. The van der Waals surface area contributed by atoms with Gasteiger partial charge in [-0.05, 0) is 36.8 Å². The van der Waals surface area contributed by atoms with Gasteiger partial charge in [-0.15, -0.1) is 0 Å². The van der Waals surface area contributed by atoms with Crippen molar-refractivity contribution in [1.82, 2.24) is 15.1 Å². The third kappa shape index (κ3) is 2.55. The van der Waals surface area contributed by atoms with Crippen molar-refractivity contribution >= 4 is 16.8 Å². The summed E-state index contributed by atoms with van der Waals surface area (Å²) in [5, 5.41) is 7.96. The lowest BCUT2D eigenvalue weighted by molar-refractivity contribution is 0.0757. The number of likely N-dealkylation sites (tertiary alicyclic amines) is 1. The lowest BCUT2D eigenvalue weighted by Crippen LogP contribution is -2.32. The molecule has 106 valence electrons. The number of nitrogens with one attached hydrogen (secondary N) is 1. The Hall–Kier alpha value is -1.84. The van der Waals surface area contributed by atoms with Crippen LogP contribution in [0.1, 0.15) is 43.5 Å². The van der Waals surface area contributed by atoms with Gasteiger partial charge in [0.25, 0.3) is 5.91 Å². The van der Waals surface area contributed by atoms with Crippen LogP contribution >= 0.6 is 0 Å². The summed E-state index contributed by atoms with van der Waals surface area (Å²) in [6.07, 6.45) is 5.13. The number of carbonyl (C=O) groups is 1. The zero-order chi connectivity index (χ0) is 14.2. The lowest BCUT2D eigenvalue weighted by Gasteiger charge is -2.23. The molecule has 3 rings (SSSR count). The predicted molar refractivity (Wildman–Crippen MR) is 79.6 cm³/mol. The molecule has 0 saturated carbocycles. The Labute approximate surface area is 119 Å². The summed E-state index contributed by atoms with van der Waals surface area (Å²) in [6, 6.07) is 5.75. The fraction of sp³-hybridized carbons (Fsp3) is 0.500. The van der Waals surface area contributed by atoms with Crippen LogP contribution in [0.15, 0.2) is 24.4 Å². The Bertz CT molecular complexity index is 629. The van der Waals surface area contributed by atoms with E-state index < -0.39 is 0 Å². The van der Waals surface area contributed by atoms with Crippen LogP contribution in [0.4, 0.5) is 0 Å². The lowest BCUT2D eigenvalue weighted by atomic mass is 9.85. The standard InChI is InChI=1S/C16H21N3O/c1-16(2)6-3-8-19(9-7-16)15(20)12-4-5-13-11-17-18-14(13)10-12/h4-5,10-11H,3,6-9H2,1-2H3,(H,17,18). The van der Waals surface area contributed by atoms with Crippen molar-refractivity contribution in [2.45, 2.75) is 33.1 Å². The van der Waals surface area contributed by atoms with Crippen LogP contribution in [0, 0.1) is 5.41 Å². The van der Waals surface area contributed by atoms with E-state index in [1.807, 2.05) is 23.1 Å². The highest BCUT2D eigenvalue weighted by molar-refractivity contribution is 5.97. The number of H-pyrrole nitrogens is 1. The highest BCUT2D eigenvalue weighted by Crippen LogP contribution is 2.30. The smallest absolute Gasteiger partial charge is 0.253 e. The first kappa shape index (κ1) is 13.2. The van der Waals surface area contributed by atoms with E-state index in [0.29, 0.717) is 5.41 Å². The first-order valence-electron chi connectivity index (χ1n) is 7.28. The molecule has 1 aromatic carbocycles. The molecule has 1 N–H and O–H groups in total. The molecule has 0 spiro atoms. The fourth-order valence-corrected chi connectivity index (χ4v) is 2.88. The van der Waals surface area contributed by atoms with Crippen LogP contribution in [0.25, 0.3) is 10.9 Å². The van der Waals surface area contributed by atoms with Crippen LogP contribution < -0.4 is 0 Å². The van der Waals surface area contributed by atoms with Gasteiger partial charge < -0.3 is 4.90 Å². The third-order valence-corrected chi connectivity index (χ3v) is 4.32. The van der Waals surface area contributed by atoms with Crippen LogP contribution in [0.5, 0.6) is 0 Å². The summed E-state index contributed by atoms with van der Waals surface area (Å²) < 4.78 is 0. The highest BCUT2D eigenvalue weighted by atomic mass is 16.2. The van der Waals surface area contributed by atoms with Crippen LogP contribution in [-0.2, 0) is 0 Å². The Morgan fingerprint density at radius 1 is 1.30 bits per heavy atom. The molecule has 1 aromatic heterocycles. The second-order valence-electron chi connectivity index (χ2n) is 6.48. The molecule has 1 amide bonds. The van der Waals surface area contributed by atoms with Crippen molar-refractivity contribution in [3.8, 4) is 0 Å². The summed E-state index contributed by atoms with van der Waals surface area (Å²) >= 11 is 0. The van der Waals surface area contributed by atoms with Crippen molar-refractivity contribution < 1.29 is 4.79 Å². The minimum Gasteiger partial charge on any atom is -0.339 e. The van der Waals surface area contributed by atoms with E-state index in [0.717, 1.165) is 42.4 Å². The average Bonchev–Trinajstić information content (AvgIpc) is 2.81. The van der Waals surface area contributed by atoms with Crippen molar-refractivity contribution in [3.05, 3.63) is 30.0 Å². The van der Waals surface area contributed by atoms with Gasteiger partial charge in [0, 0.05) is 24.0 Å². The second-order valence-corrected chi connectivity index (χ2v) is 6.48. The number of rotatable bonds is 1. The molecule has 4 heteroatoms. The van der Waals surface area contributed by atoms with Crippen molar-refractivity contribution in [1.29, 1.82) is 0 Å². The number of hydrogen-bond acceptors (Lipinski definition) is 2. The van der Waals surface area contributed by atoms with E-state index >= 15 is 0 Å². The van der Waals surface area contributed by atoms with Crippen molar-refractivity contribution in [3.63, 3.8) is 0 Å². The Kier molecular flexibility index (Phi) is 3.24. The molecule has 0 unspecified atom stereocenters. The summed E-state index contributed by atoms with van der Waals surface area (Å²) in [4.78, 5) is 14.6. The van der Waals surface area contributed by atoms with Gasteiger partial charge in [0.1, 0.15) is 0 Å². The minimum atomic E-state index is 0.138. The molecule has 0 atom stereocenters. The molecule has 1 saturated heterocycles. The van der Waals surface area contributed by atoms with Crippen LogP contribution in [0.2, 0.25) is 0 Å². The van der Waals surface area contributed by atoms with Gasteiger partial charge in [-0.2, -0.15) is 5.10 Å². The molecule has 2 heterocycles. The maximum absolute atomic E-state index is 12.6. The number of benzene rings is 1. The van der Waals surface area contributed by atoms with E-state index in [-0.39, 0.29) is 5.91 Å². The Balaban J connectivity index is 1.80. The molecule has 0 bridgehead atoms. The number of amides is 1. The summed E-state index contributed by atoms with van der Waals surface area (Å²) in [5.74, 6) is 0.138. The molecule has 1 fully saturated rings.